The van der Waals surface area contributed by atoms with Crippen LogP contribution < -0.4 is 10.6 Å². The van der Waals surface area contributed by atoms with E-state index in [9.17, 15) is 0 Å². The Morgan fingerprint density at radius 1 is 1.16 bits per heavy atom. The summed E-state index contributed by atoms with van der Waals surface area (Å²) in [5.74, 6) is 2.52. The van der Waals surface area contributed by atoms with Gasteiger partial charge in [-0.25, -0.2) is 9.97 Å². The molecular formula is C14H17BrN4. The summed E-state index contributed by atoms with van der Waals surface area (Å²) >= 11 is 3.47. The molecule has 0 saturated heterocycles. The van der Waals surface area contributed by atoms with Crippen molar-refractivity contribution in [1.29, 1.82) is 0 Å². The fourth-order valence-corrected chi connectivity index (χ4v) is 2.16. The van der Waals surface area contributed by atoms with Gasteiger partial charge in [-0.3, -0.25) is 0 Å². The number of nitrogens with one attached hydrogen (secondary N) is 2. The van der Waals surface area contributed by atoms with Gasteiger partial charge in [-0.2, -0.15) is 0 Å². The average Bonchev–Trinajstić information content (AvgIpc) is 2.44. The van der Waals surface area contributed by atoms with Gasteiger partial charge in [0.25, 0.3) is 0 Å². The van der Waals surface area contributed by atoms with Crippen molar-refractivity contribution < 1.29 is 0 Å². The van der Waals surface area contributed by atoms with Crippen LogP contribution >= 0.6 is 15.9 Å². The van der Waals surface area contributed by atoms with E-state index in [0.717, 1.165) is 34.9 Å². The smallest absolute Gasteiger partial charge is 0.132 e. The molecule has 100 valence electrons. The predicted molar refractivity (Wildman–Crippen MR) is 82.4 cm³/mol. The number of benzene rings is 1. The Balaban J connectivity index is 2.10. The van der Waals surface area contributed by atoms with Gasteiger partial charge in [0.15, 0.2) is 0 Å². The molecule has 0 bridgehead atoms. The van der Waals surface area contributed by atoms with Gasteiger partial charge in [0.2, 0.25) is 0 Å². The van der Waals surface area contributed by atoms with Crippen LogP contribution in [-0.2, 0) is 13.0 Å². The Labute approximate surface area is 121 Å². The van der Waals surface area contributed by atoms with Gasteiger partial charge >= 0.3 is 0 Å². The number of anilines is 2. The third-order valence-electron chi connectivity index (χ3n) is 2.71. The third kappa shape index (κ3) is 3.92. The standard InChI is InChI=1S/C14H17BrN4/c1-3-12-18-13(16-2)8-14(19-12)17-9-10-5-4-6-11(15)7-10/h4-8H,3,9H2,1-2H3,(H2,16,17,18,19). The summed E-state index contributed by atoms with van der Waals surface area (Å²) in [6.45, 7) is 2.79. The predicted octanol–water partition coefficient (Wildman–Crippen LogP) is 3.46. The number of halogens is 1. The minimum Gasteiger partial charge on any atom is -0.373 e. The normalized spacial score (nSPS) is 10.3. The number of hydrogen-bond acceptors (Lipinski definition) is 4. The zero-order valence-electron chi connectivity index (χ0n) is 11.1. The molecule has 5 heteroatoms. The lowest BCUT2D eigenvalue weighted by molar-refractivity contribution is 0.934. The Bertz CT molecular complexity index is 535. The van der Waals surface area contributed by atoms with E-state index in [4.69, 9.17) is 0 Å². The zero-order valence-corrected chi connectivity index (χ0v) is 12.7. The van der Waals surface area contributed by atoms with Crippen molar-refractivity contribution in [2.24, 2.45) is 0 Å². The Morgan fingerprint density at radius 3 is 2.63 bits per heavy atom. The SMILES string of the molecule is CCc1nc(NC)cc(NCc2cccc(Br)c2)n1. The first-order chi connectivity index (χ1) is 9.21. The van der Waals surface area contributed by atoms with Gasteiger partial charge in [-0.1, -0.05) is 35.0 Å². The molecule has 0 spiro atoms. The molecule has 19 heavy (non-hydrogen) atoms. The second kappa shape index (κ2) is 6.52. The van der Waals surface area contributed by atoms with Crippen molar-refractivity contribution in [1.82, 2.24) is 9.97 Å². The van der Waals surface area contributed by atoms with Gasteiger partial charge in [0.1, 0.15) is 17.5 Å². The molecule has 0 radical (unpaired) electrons. The zero-order chi connectivity index (χ0) is 13.7. The van der Waals surface area contributed by atoms with Crippen LogP contribution in [0.2, 0.25) is 0 Å². The molecule has 2 rings (SSSR count). The second-order valence-electron chi connectivity index (χ2n) is 4.14. The van der Waals surface area contributed by atoms with Crippen LogP contribution in [0.25, 0.3) is 0 Å². The number of aromatic nitrogens is 2. The van der Waals surface area contributed by atoms with Crippen LogP contribution in [0.1, 0.15) is 18.3 Å². The van der Waals surface area contributed by atoms with Gasteiger partial charge in [-0.15, -0.1) is 0 Å². The summed E-state index contributed by atoms with van der Waals surface area (Å²) in [5.41, 5.74) is 1.21. The fourth-order valence-electron chi connectivity index (χ4n) is 1.71. The molecule has 1 aromatic heterocycles. The maximum absolute atomic E-state index is 4.46. The molecule has 2 N–H and O–H groups in total. The van der Waals surface area contributed by atoms with Crippen LogP contribution in [0.3, 0.4) is 0 Å². The number of aryl methyl sites for hydroxylation is 1. The lowest BCUT2D eigenvalue weighted by atomic mass is 10.2. The van der Waals surface area contributed by atoms with E-state index < -0.39 is 0 Å². The maximum atomic E-state index is 4.46. The summed E-state index contributed by atoms with van der Waals surface area (Å²) in [5, 5.41) is 6.38. The summed E-state index contributed by atoms with van der Waals surface area (Å²) in [7, 11) is 1.86. The summed E-state index contributed by atoms with van der Waals surface area (Å²) in [6.07, 6.45) is 0.821. The van der Waals surface area contributed by atoms with E-state index in [-0.39, 0.29) is 0 Å². The van der Waals surface area contributed by atoms with Gasteiger partial charge in [0.05, 0.1) is 0 Å². The van der Waals surface area contributed by atoms with Crippen LogP contribution in [0, 0.1) is 0 Å². The van der Waals surface area contributed by atoms with Crippen LogP contribution in [0.15, 0.2) is 34.8 Å². The largest absolute Gasteiger partial charge is 0.373 e. The molecule has 0 amide bonds. The Kier molecular flexibility index (Phi) is 4.74. The van der Waals surface area contributed by atoms with Crippen molar-refractivity contribution in [3.05, 3.63) is 46.2 Å². The Hall–Kier alpha value is -1.62. The van der Waals surface area contributed by atoms with Crippen LogP contribution in [-0.4, -0.2) is 17.0 Å². The highest BCUT2D eigenvalue weighted by Crippen LogP contribution is 2.15. The molecule has 1 heterocycles. The van der Waals surface area contributed by atoms with E-state index in [2.05, 4.69) is 48.7 Å². The highest BCUT2D eigenvalue weighted by molar-refractivity contribution is 9.10. The lowest BCUT2D eigenvalue weighted by Gasteiger charge is -2.09. The van der Waals surface area contributed by atoms with Crippen LogP contribution in [0.5, 0.6) is 0 Å². The fraction of sp³-hybridized carbons (Fsp3) is 0.286. The number of hydrogen-bond donors (Lipinski definition) is 2. The first kappa shape index (κ1) is 13.8. The Morgan fingerprint density at radius 2 is 1.95 bits per heavy atom. The van der Waals surface area contributed by atoms with Gasteiger partial charge < -0.3 is 10.6 Å². The van der Waals surface area contributed by atoms with E-state index in [1.807, 2.05) is 32.2 Å². The quantitative estimate of drug-likeness (QED) is 0.885. The van der Waals surface area contributed by atoms with Crippen LogP contribution in [0.4, 0.5) is 11.6 Å². The summed E-state index contributed by atoms with van der Waals surface area (Å²) in [6, 6.07) is 10.1. The molecule has 0 unspecified atom stereocenters. The lowest BCUT2D eigenvalue weighted by Crippen LogP contribution is -2.06. The molecule has 0 aliphatic rings. The van der Waals surface area contributed by atoms with Crippen molar-refractivity contribution in [2.75, 3.05) is 17.7 Å². The minimum absolute atomic E-state index is 0.739. The molecule has 0 atom stereocenters. The van der Waals surface area contributed by atoms with E-state index in [0.29, 0.717) is 0 Å². The molecule has 2 aromatic rings. The minimum atomic E-state index is 0.739. The second-order valence-corrected chi connectivity index (χ2v) is 5.06. The van der Waals surface area contributed by atoms with E-state index in [1.165, 1.54) is 5.56 Å². The molecule has 0 aliphatic heterocycles. The first-order valence-electron chi connectivity index (χ1n) is 6.25. The van der Waals surface area contributed by atoms with Crippen molar-refractivity contribution >= 4 is 27.6 Å². The van der Waals surface area contributed by atoms with E-state index in [1.54, 1.807) is 0 Å². The summed E-state index contributed by atoms with van der Waals surface area (Å²) in [4.78, 5) is 8.83. The molecule has 1 aromatic carbocycles. The summed E-state index contributed by atoms with van der Waals surface area (Å²) < 4.78 is 1.08. The topological polar surface area (TPSA) is 49.8 Å². The highest BCUT2D eigenvalue weighted by atomic mass is 79.9. The van der Waals surface area contributed by atoms with E-state index >= 15 is 0 Å². The highest BCUT2D eigenvalue weighted by Gasteiger charge is 2.02. The molecule has 0 saturated carbocycles. The monoisotopic (exact) mass is 320 g/mol. The van der Waals surface area contributed by atoms with Gasteiger partial charge in [0, 0.05) is 30.6 Å². The number of nitrogens with zero attached hydrogens (tertiary/aromatic N) is 2. The molecule has 0 aliphatic carbocycles. The molecule has 0 fully saturated rings. The maximum Gasteiger partial charge on any atom is 0.132 e. The van der Waals surface area contributed by atoms with Crippen molar-refractivity contribution in [3.8, 4) is 0 Å². The molecular weight excluding hydrogens is 304 g/mol. The average molecular weight is 321 g/mol. The van der Waals surface area contributed by atoms with Crippen molar-refractivity contribution in [2.45, 2.75) is 19.9 Å². The first-order valence-corrected chi connectivity index (χ1v) is 7.04. The van der Waals surface area contributed by atoms with Crippen molar-refractivity contribution in [3.63, 3.8) is 0 Å². The molecule has 4 nitrogen and oxygen atoms in total. The number of rotatable bonds is 5. The van der Waals surface area contributed by atoms with Gasteiger partial charge in [-0.05, 0) is 17.7 Å². The third-order valence-corrected chi connectivity index (χ3v) is 3.20.